The van der Waals surface area contributed by atoms with Gasteiger partial charge in [-0.25, -0.2) is 0 Å². The Morgan fingerprint density at radius 1 is 1.00 bits per heavy atom. The maximum Gasteiger partial charge on any atom is 0.251 e. The minimum atomic E-state index is -0.180. The molecule has 6 heteroatoms. The van der Waals surface area contributed by atoms with Crippen LogP contribution in [0.1, 0.15) is 28.6 Å². The molecule has 2 N–H and O–H groups in total. The minimum absolute atomic E-state index is 0.0360. The van der Waals surface area contributed by atoms with E-state index in [1.54, 1.807) is 12.3 Å². The fourth-order valence-electron chi connectivity index (χ4n) is 3.04. The molecule has 3 rings (SSSR count). The van der Waals surface area contributed by atoms with E-state index in [-0.39, 0.29) is 30.8 Å². The molecule has 0 aliphatic heterocycles. The molecule has 2 amide bonds. The monoisotopic (exact) mass is 379 g/mol. The van der Waals surface area contributed by atoms with Crippen LogP contribution in [0.2, 0.25) is 0 Å². The number of fused-ring (bicyclic) bond motifs is 1. The van der Waals surface area contributed by atoms with Gasteiger partial charge in [-0.2, -0.15) is 0 Å². The number of likely N-dealkylation sites (N-methyl/N-ethyl adjacent to an activating group) is 1. The Labute approximate surface area is 164 Å². The second-order valence-corrected chi connectivity index (χ2v) is 6.87. The second-order valence-electron chi connectivity index (χ2n) is 6.87. The first-order valence-corrected chi connectivity index (χ1v) is 9.28. The first kappa shape index (κ1) is 19.6. The zero-order chi connectivity index (χ0) is 19.9. The van der Waals surface area contributed by atoms with Gasteiger partial charge in [0.25, 0.3) is 5.91 Å². The maximum absolute atomic E-state index is 12.3. The second kappa shape index (κ2) is 9.19. The van der Waals surface area contributed by atoms with E-state index >= 15 is 0 Å². The lowest BCUT2D eigenvalue weighted by atomic mass is 10.1. The summed E-state index contributed by atoms with van der Waals surface area (Å²) in [6.07, 6.45) is 1.84. The summed E-state index contributed by atoms with van der Waals surface area (Å²) in [4.78, 5) is 26.4. The first-order valence-electron chi connectivity index (χ1n) is 9.28. The zero-order valence-corrected chi connectivity index (χ0v) is 16.1. The summed E-state index contributed by atoms with van der Waals surface area (Å²) in [6.45, 7) is 0.725. The number of hydrogen-bond donors (Lipinski definition) is 2. The van der Waals surface area contributed by atoms with Crippen LogP contribution in [0, 0.1) is 0 Å². The Kier molecular flexibility index (Phi) is 6.45. The van der Waals surface area contributed by atoms with Crippen LogP contribution in [-0.4, -0.2) is 43.9 Å². The number of benzene rings is 2. The lowest BCUT2D eigenvalue weighted by Gasteiger charge is -2.22. The van der Waals surface area contributed by atoms with Crippen molar-refractivity contribution in [3.8, 4) is 0 Å². The Hall–Kier alpha value is -3.12. The number of rotatable bonds is 8. The van der Waals surface area contributed by atoms with Gasteiger partial charge in [0.15, 0.2) is 0 Å². The molecule has 0 fully saturated rings. The van der Waals surface area contributed by atoms with Gasteiger partial charge in [0, 0.05) is 25.1 Å². The molecule has 0 aliphatic rings. The topological polar surface area (TPSA) is 74.6 Å². The number of nitrogens with zero attached hydrogens (tertiary/aromatic N) is 1. The number of amides is 2. The van der Waals surface area contributed by atoms with Gasteiger partial charge in [0.1, 0.15) is 5.76 Å². The Morgan fingerprint density at radius 3 is 2.50 bits per heavy atom. The largest absolute Gasteiger partial charge is 0.468 e. The molecule has 28 heavy (non-hydrogen) atoms. The molecular formula is C22H25N3O3. The number of furan rings is 1. The molecule has 0 radical (unpaired) electrons. The van der Waals surface area contributed by atoms with E-state index in [0.29, 0.717) is 12.1 Å². The molecule has 0 aliphatic carbocycles. The van der Waals surface area contributed by atoms with E-state index in [1.165, 1.54) is 0 Å². The molecule has 1 atom stereocenters. The molecule has 6 nitrogen and oxygen atoms in total. The molecular weight excluding hydrogens is 354 g/mol. The van der Waals surface area contributed by atoms with Gasteiger partial charge in [-0.1, -0.05) is 30.3 Å². The Balaban J connectivity index is 1.46. The Bertz CT molecular complexity index is 935. The highest BCUT2D eigenvalue weighted by Crippen LogP contribution is 2.17. The highest BCUT2D eigenvalue weighted by atomic mass is 16.3. The SMILES string of the molecule is CN(C)[C@@H](CNC(=O)CCNC(=O)c1ccc2ccccc2c1)c1ccco1. The summed E-state index contributed by atoms with van der Waals surface area (Å²) in [5, 5.41) is 7.80. The van der Waals surface area contributed by atoms with Crippen molar-refractivity contribution in [2.24, 2.45) is 0 Å². The fourth-order valence-corrected chi connectivity index (χ4v) is 3.04. The molecule has 2 aromatic carbocycles. The third kappa shape index (κ3) is 4.98. The summed E-state index contributed by atoms with van der Waals surface area (Å²) in [7, 11) is 3.87. The van der Waals surface area contributed by atoms with Crippen molar-refractivity contribution in [1.82, 2.24) is 15.5 Å². The number of nitrogens with one attached hydrogen (secondary N) is 2. The standard InChI is InChI=1S/C22H25N3O3/c1-25(2)19(20-8-5-13-28-20)15-24-21(26)11-12-23-22(27)18-10-9-16-6-3-4-7-17(16)14-18/h3-10,13-14,19H,11-12,15H2,1-2H3,(H,23,27)(H,24,26)/t19-/m0/s1. The predicted octanol–water partition coefficient (Wildman–Crippen LogP) is 2.97. The van der Waals surface area contributed by atoms with Crippen LogP contribution in [0.4, 0.5) is 0 Å². The van der Waals surface area contributed by atoms with Crippen molar-refractivity contribution in [2.75, 3.05) is 27.2 Å². The summed E-state index contributed by atoms with van der Waals surface area (Å²) in [5.41, 5.74) is 0.588. The smallest absolute Gasteiger partial charge is 0.251 e. The third-order valence-electron chi connectivity index (χ3n) is 4.64. The normalized spacial score (nSPS) is 12.1. The van der Waals surface area contributed by atoms with Crippen molar-refractivity contribution in [1.29, 1.82) is 0 Å². The van der Waals surface area contributed by atoms with Crippen LogP contribution in [0.15, 0.2) is 65.3 Å². The van der Waals surface area contributed by atoms with E-state index in [9.17, 15) is 9.59 Å². The average molecular weight is 379 g/mol. The van der Waals surface area contributed by atoms with Gasteiger partial charge in [0.2, 0.25) is 5.91 Å². The minimum Gasteiger partial charge on any atom is -0.468 e. The summed E-state index contributed by atoms with van der Waals surface area (Å²) in [5.74, 6) is 0.507. The summed E-state index contributed by atoms with van der Waals surface area (Å²) < 4.78 is 5.43. The lowest BCUT2D eigenvalue weighted by molar-refractivity contribution is -0.121. The summed E-state index contributed by atoms with van der Waals surface area (Å²) >= 11 is 0. The van der Waals surface area contributed by atoms with Gasteiger partial charge < -0.3 is 15.1 Å². The molecule has 146 valence electrons. The highest BCUT2D eigenvalue weighted by Gasteiger charge is 2.17. The van der Waals surface area contributed by atoms with Crippen LogP contribution in [0.3, 0.4) is 0 Å². The van der Waals surface area contributed by atoms with E-state index in [4.69, 9.17) is 4.42 Å². The molecule has 0 bridgehead atoms. The van der Waals surface area contributed by atoms with Crippen molar-refractivity contribution in [2.45, 2.75) is 12.5 Å². The lowest BCUT2D eigenvalue weighted by Crippen LogP contribution is -2.36. The van der Waals surface area contributed by atoms with Crippen LogP contribution < -0.4 is 10.6 Å². The van der Waals surface area contributed by atoms with Crippen LogP contribution in [0.5, 0.6) is 0 Å². The molecule has 1 aromatic heterocycles. The van der Waals surface area contributed by atoms with Crippen molar-refractivity contribution >= 4 is 22.6 Å². The molecule has 3 aromatic rings. The molecule has 1 heterocycles. The highest BCUT2D eigenvalue weighted by molar-refractivity contribution is 5.98. The van der Waals surface area contributed by atoms with Crippen molar-refractivity contribution < 1.29 is 14.0 Å². The van der Waals surface area contributed by atoms with Gasteiger partial charge in [-0.05, 0) is 49.1 Å². The average Bonchev–Trinajstić information content (AvgIpc) is 3.21. The van der Waals surface area contributed by atoms with Crippen molar-refractivity contribution in [3.05, 3.63) is 72.2 Å². The van der Waals surface area contributed by atoms with E-state index < -0.39 is 0 Å². The van der Waals surface area contributed by atoms with Crippen LogP contribution >= 0.6 is 0 Å². The molecule has 0 spiro atoms. The molecule has 0 saturated carbocycles. The first-order chi connectivity index (χ1) is 13.5. The predicted molar refractivity (Wildman–Crippen MR) is 109 cm³/mol. The van der Waals surface area contributed by atoms with Gasteiger partial charge in [-0.3, -0.25) is 14.5 Å². The fraction of sp³-hybridized carbons (Fsp3) is 0.273. The van der Waals surface area contributed by atoms with E-state index in [1.807, 2.05) is 67.5 Å². The number of carbonyl (C=O) groups excluding carboxylic acids is 2. The zero-order valence-electron chi connectivity index (χ0n) is 16.1. The number of hydrogen-bond acceptors (Lipinski definition) is 4. The van der Waals surface area contributed by atoms with Gasteiger partial charge in [0.05, 0.1) is 12.3 Å². The van der Waals surface area contributed by atoms with Crippen LogP contribution in [-0.2, 0) is 4.79 Å². The molecule has 0 unspecified atom stereocenters. The van der Waals surface area contributed by atoms with E-state index in [2.05, 4.69) is 10.6 Å². The summed E-state index contributed by atoms with van der Waals surface area (Å²) in [6, 6.07) is 17.1. The van der Waals surface area contributed by atoms with E-state index in [0.717, 1.165) is 16.5 Å². The molecule has 0 saturated heterocycles. The van der Waals surface area contributed by atoms with Crippen LogP contribution in [0.25, 0.3) is 10.8 Å². The van der Waals surface area contributed by atoms with Gasteiger partial charge in [-0.15, -0.1) is 0 Å². The third-order valence-corrected chi connectivity index (χ3v) is 4.64. The quantitative estimate of drug-likeness (QED) is 0.631. The Morgan fingerprint density at radius 2 is 1.79 bits per heavy atom. The van der Waals surface area contributed by atoms with Crippen molar-refractivity contribution in [3.63, 3.8) is 0 Å². The maximum atomic E-state index is 12.3. The number of carbonyl (C=O) groups is 2. The van der Waals surface area contributed by atoms with Gasteiger partial charge >= 0.3 is 0 Å².